The molecule has 2 rings (SSSR count). The molecule has 0 radical (unpaired) electrons. The molecular formula is C16H18N2OS. The highest BCUT2D eigenvalue weighted by molar-refractivity contribution is 8.00. The van der Waals surface area contributed by atoms with Crippen molar-refractivity contribution >= 4 is 23.4 Å². The Hall–Kier alpha value is -1.78. The third-order valence-corrected chi connectivity index (χ3v) is 3.92. The molecule has 0 heterocycles. The summed E-state index contributed by atoms with van der Waals surface area (Å²) in [5.41, 5.74) is 8.62. The molecule has 3 N–H and O–H groups in total. The Kier molecular flexibility index (Phi) is 5.21. The van der Waals surface area contributed by atoms with Crippen LogP contribution in [0.4, 0.5) is 5.69 Å². The number of rotatable bonds is 5. The van der Waals surface area contributed by atoms with Crippen molar-refractivity contribution in [3.63, 3.8) is 0 Å². The van der Waals surface area contributed by atoms with Crippen LogP contribution in [0.15, 0.2) is 53.4 Å². The van der Waals surface area contributed by atoms with Gasteiger partial charge in [0.25, 0.3) is 0 Å². The molecule has 2 aromatic carbocycles. The maximum Gasteiger partial charge on any atom is 0.234 e. The van der Waals surface area contributed by atoms with E-state index in [2.05, 4.69) is 5.32 Å². The number of para-hydroxylation sites is 1. The minimum Gasteiger partial charge on any atom is -0.326 e. The van der Waals surface area contributed by atoms with Crippen molar-refractivity contribution in [1.82, 2.24) is 0 Å². The van der Waals surface area contributed by atoms with Gasteiger partial charge in [0.1, 0.15) is 0 Å². The lowest BCUT2D eigenvalue weighted by Gasteiger charge is -2.08. The van der Waals surface area contributed by atoms with Crippen LogP contribution in [0.1, 0.15) is 11.1 Å². The summed E-state index contributed by atoms with van der Waals surface area (Å²) in [6.07, 6.45) is 0. The predicted octanol–water partition coefficient (Wildman–Crippen LogP) is 3.18. The van der Waals surface area contributed by atoms with Gasteiger partial charge in [-0.25, -0.2) is 0 Å². The maximum atomic E-state index is 11.9. The normalized spacial score (nSPS) is 10.3. The summed E-state index contributed by atoms with van der Waals surface area (Å²) in [5, 5.41) is 2.92. The predicted molar refractivity (Wildman–Crippen MR) is 84.9 cm³/mol. The molecule has 0 aliphatic carbocycles. The van der Waals surface area contributed by atoms with Crippen molar-refractivity contribution < 1.29 is 4.79 Å². The number of nitrogens with two attached hydrogens (primary N) is 1. The van der Waals surface area contributed by atoms with Gasteiger partial charge in [-0.05, 0) is 36.2 Å². The summed E-state index contributed by atoms with van der Waals surface area (Å²) in [6, 6.07) is 15.7. The van der Waals surface area contributed by atoms with Crippen LogP contribution in [0, 0.1) is 6.92 Å². The van der Waals surface area contributed by atoms with Gasteiger partial charge in [0, 0.05) is 17.1 Å². The molecule has 3 nitrogen and oxygen atoms in total. The second-order valence-electron chi connectivity index (χ2n) is 4.50. The lowest BCUT2D eigenvalue weighted by Crippen LogP contribution is -2.14. The fourth-order valence-corrected chi connectivity index (χ4v) is 2.59. The molecule has 0 saturated carbocycles. The molecule has 0 aliphatic rings. The van der Waals surface area contributed by atoms with Crippen molar-refractivity contribution in [3.05, 3.63) is 59.7 Å². The molecule has 0 fully saturated rings. The van der Waals surface area contributed by atoms with E-state index < -0.39 is 0 Å². The summed E-state index contributed by atoms with van der Waals surface area (Å²) in [5.74, 6) is 0.393. The number of hydrogen-bond acceptors (Lipinski definition) is 3. The average molecular weight is 286 g/mol. The highest BCUT2D eigenvalue weighted by Crippen LogP contribution is 2.20. The van der Waals surface area contributed by atoms with Gasteiger partial charge in [-0.2, -0.15) is 0 Å². The zero-order valence-corrected chi connectivity index (χ0v) is 12.2. The molecule has 0 unspecified atom stereocenters. The molecule has 0 saturated heterocycles. The smallest absolute Gasteiger partial charge is 0.234 e. The van der Waals surface area contributed by atoms with Gasteiger partial charge in [-0.15, -0.1) is 11.8 Å². The number of hydrogen-bond donors (Lipinski definition) is 2. The van der Waals surface area contributed by atoms with E-state index >= 15 is 0 Å². The minimum atomic E-state index is 0.00227. The zero-order chi connectivity index (χ0) is 14.4. The Bertz CT molecular complexity index is 599. The molecule has 2 aromatic rings. The third-order valence-electron chi connectivity index (χ3n) is 2.92. The zero-order valence-electron chi connectivity index (χ0n) is 11.4. The number of carbonyl (C=O) groups excluding carboxylic acids is 1. The molecule has 0 spiro atoms. The number of benzene rings is 2. The van der Waals surface area contributed by atoms with Gasteiger partial charge in [-0.3, -0.25) is 4.79 Å². The maximum absolute atomic E-state index is 11.9. The summed E-state index contributed by atoms with van der Waals surface area (Å²) < 4.78 is 0. The van der Waals surface area contributed by atoms with Gasteiger partial charge < -0.3 is 11.1 Å². The number of anilines is 1. The van der Waals surface area contributed by atoms with Crippen molar-refractivity contribution in [3.8, 4) is 0 Å². The summed E-state index contributed by atoms with van der Waals surface area (Å²) in [7, 11) is 0. The largest absolute Gasteiger partial charge is 0.326 e. The van der Waals surface area contributed by atoms with E-state index in [0.29, 0.717) is 12.3 Å². The van der Waals surface area contributed by atoms with Crippen LogP contribution in [-0.2, 0) is 11.3 Å². The van der Waals surface area contributed by atoms with Crippen molar-refractivity contribution in [2.24, 2.45) is 5.73 Å². The first-order chi connectivity index (χ1) is 9.69. The van der Waals surface area contributed by atoms with Crippen LogP contribution in [0.2, 0.25) is 0 Å². The SMILES string of the molecule is Cc1ccccc1NC(=O)CSc1cccc(CN)c1. The monoisotopic (exact) mass is 286 g/mol. The molecule has 20 heavy (non-hydrogen) atoms. The van der Waals surface area contributed by atoms with E-state index in [4.69, 9.17) is 5.73 Å². The molecule has 4 heteroatoms. The number of aryl methyl sites for hydroxylation is 1. The van der Waals surface area contributed by atoms with Gasteiger partial charge in [0.15, 0.2) is 0 Å². The van der Waals surface area contributed by atoms with Crippen LogP contribution in [0.25, 0.3) is 0 Å². The second-order valence-corrected chi connectivity index (χ2v) is 5.55. The fraction of sp³-hybridized carbons (Fsp3) is 0.188. The van der Waals surface area contributed by atoms with E-state index in [1.54, 1.807) is 0 Å². The number of amides is 1. The lowest BCUT2D eigenvalue weighted by atomic mass is 10.2. The molecule has 104 valence electrons. The van der Waals surface area contributed by atoms with E-state index in [-0.39, 0.29) is 5.91 Å². The number of nitrogens with one attached hydrogen (secondary N) is 1. The Balaban J connectivity index is 1.90. The highest BCUT2D eigenvalue weighted by Gasteiger charge is 2.05. The summed E-state index contributed by atoms with van der Waals surface area (Å²) >= 11 is 1.52. The Morgan fingerprint density at radius 2 is 2.00 bits per heavy atom. The van der Waals surface area contributed by atoms with Gasteiger partial charge >= 0.3 is 0 Å². The molecule has 1 amide bonds. The van der Waals surface area contributed by atoms with Crippen molar-refractivity contribution in [1.29, 1.82) is 0 Å². The standard InChI is InChI=1S/C16H18N2OS/c1-12-5-2-3-8-15(12)18-16(19)11-20-14-7-4-6-13(9-14)10-17/h2-9H,10-11,17H2,1H3,(H,18,19). The average Bonchev–Trinajstić information content (AvgIpc) is 2.48. The van der Waals surface area contributed by atoms with E-state index in [1.165, 1.54) is 11.8 Å². The van der Waals surface area contributed by atoms with Gasteiger partial charge in [0.05, 0.1) is 5.75 Å². The van der Waals surface area contributed by atoms with Gasteiger partial charge in [0.2, 0.25) is 5.91 Å². The van der Waals surface area contributed by atoms with Crippen LogP contribution in [0.5, 0.6) is 0 Å². The molecule has 0 bridgehead atoms. The Morgan fingerprint density at radius 1 is 1.20 bits per heavy atom. The minimum absolute atomic E-state index is 0.00227. The number of thioether (sulfide) groups is 1. The third kappa shape index (κ3) is 4.11. The molecular weight excluding hydrogens is 268 g/mol. The topological polar surface area (TPSA) is 55.1 Å². The van der Waals surface area contributed by atoms with Crippen molar-refractivity contribution in [2.45, 2.75) is 18.4 Å². The van der Waals surface area contributed by atoms with E-state index in [9.17, 15) is 4.79 Å². The van der Waals surface area contributed by atoms with Crippen LogP contribution < -0.4 is 11.1 Å². The summed E-state index contributed by atoms with van der Waals surface area (Å²) in [6.45, 7) is 2.50. The van der Waals surface area contributed by atoms with Crippen LogP contribution in [0.3, 0.4) is 0 Å². The molecule has 0 aliphatic heterocycles. The van der Waals surface area contributed by atoms with E-state index in [1.807, 2.05) is 55.5 Å². The first-order valence-electron chi connectivity index (χ1n) is 6.46. The molecule has 0 aromatic heterocycles. The molecule has 0 atom stereocenters. The van der Waals surface area contributed by atoms with Gasteiger partial charge in [-0.1, -0.05) is 30.3 Å². The Labute approximate surface area is 123 Å². The second kappa shape index (κ2) is 7.12. The summed E-state index contributed by atoms with van der Waals surface area (Å²) in [4.78, 5) is 13.0. The fourth-order valence-electron chi connectivity index (χ4n) is 1.81. The van der Waals surface area contributed by atoms with E-state index in [0.717, 1.165) is 21.7 Å². The quantitative estimate of drug-likeness (QED) is 0.830. The van der Waals surface area contributed by atoms with Crippen LogP contribution >= 0.6 is 11.8 Å². The van der Waals surface area contributed by atoms with Crippen LogP contribution in [-0.4, -0.2) is 11.7 Å². The highest BCUT2D eigenvalue weighted by atomic mass is 32.2. The first-order valence-corrected chi connectivity index (χ1v) is 7.45. The lowest BCUT2D eigenvalue weighted by molar-refractivity contribution is -0.113. The number of carbonyl (C=O) groups is 1. The van der Waals surface area contributed by atoms with Crippen molar-refractivity contribution in [2.75, 3.05) is 11.1 Å². The Morgan fingerprint density at radius 3 is 2.75 bits per heavy atom. The first kappa shape index (κ1) is 14.6.